The van der Waals surface area contributed by atoms with Crippen molar-refractivity contribution < 1.29 is 9.13 Å². The van der Waals surface area contributed by atoms with Gasteiger partial charge in [0.15, 0.2) is 0 Å². The molecule has 4 nitrogen and oxygen atoms in total. The summed E-state index contributed by atoms with van der Waals surface area (Å²) in [5, 5.41) is 0.560. The lowest BCUT2D eigenvalue weighted by Crippen LogP contribution is -2.09. The minimum Gasteiger partial charge on any atom is -0.496 e. The Kier molecular flexibility index (Phi) is 3.34. The molecule has 1 aromatic carbocycles. The van der Waals surface area contributed by atoms with Crippen LogP contribution < -0.4 is 16.0 Å². The standard InChI is InChI=1S/C13H16FN3O/c1-7(2)9-6-10(17-15)12-11(18-3)5-4-8(14)13(12)16-9/h4-7H,15H2,1-3H3,(H,16,17). The molecule has 2 aromatic rings. The van der Waals surface area contributed by atoms with Gasteiger partial charge in [0.1, 0.15) is 17.1 Å². The molecule has 0 amide bonds. The first-order valence-electron chi connectivity index (χ1n) is 5.72. The fraction of sp³-hybridized carbons (Fsp3) is 0.308. The molecule has 0 aliphatic heterocycles. The minimum atomic E-state index is -0.384. The highest BCUT2D eigenvalue weighted by Gasteiger charge is 2.15. The van der Waals surface area contributed by atoms with Gasteiger partial charge in [-0.05, 0) is 24.1 Å². The van der Waals surface area contributed by atoms with E-state index < -0.39 is 0 Å². The number of benzene rings is 1. The molecule has 2 rings (SSSR count). The molecular weight excluding hydrogens is 233 g/mol. The van der Waals surface area contributed by atoms with Crippen LogP contribution in [0.15, 0.2) is 18.2 Å². The summed E-state index contributed by atoms with van der Waals surface area (Å²) in [4.78, 5) is 4.34. The highest BCUT2D eigenvalue weighted by atomic mass is 19.1. The van der Waals surface area contributed by atoms with Crippen molar-refractivity contribution >= 4 is 16.6 Å². The molecule has 0 aliphatic carbocycles. The second-order valence-electron chi connectivity index (χ2n) is 4.37. The van der Waals surface area contributed by atoms with E-state index in [-0.39, 0.29) is 17.3 Å². The Hall–Kier alpha value is -1.88. The molecule has 5 heteroatoms. The monoisotopic (exact) mass is 249 g/mol. The summed E-state index contributed by atoms with van der Waals surface area (Å²) in [6.07, 6.45) is 0. The van der Waals surface area contributed by atoms with Gasteiger partial charge in [-0.25, -0.2) is 9.37 Å². The molecule has 3 N–H and O–H groups in total. The Morgan fingerprint density at radius 2 is 2.11 bits per heavy atom. The lowest BCUT2D eigenvalue weighted by molar-refractivity contribution is 0.419. The van der Waals surface area contributed by atoms with E-state index in [1.165, 1.54) is 13.2 Å². The fourth-order valence-corrected chi connectivity index (χ4v) is 1.88. The normalized spacial score (nSPS) is 11.0. The van der Waals surface area contributed by atoms with E-state index in [0.717, 1.165) is 5.69 Å². The molecule has 18 heavy (non-hydrogen) atoms. The van der Waals surface area contributed by atoms with Crippen molar-refractivity contribution in [2.45, 2.75) is 19.8 Å². The Bertz CT molecular complexity index is 584. The molecule has 0 bridgehead atoms. The zero-order valence-corrected chi connectivity index (χ0v) is 10.6. The van der Waals surface area contributed by atoms with Crippen LogP contribution in [0.2, 0.25) is 0 Å². The summed E-state index contributed by atoms with van der Waals surface area (Å²) in [5.41, 5.74) is 4.24. The molecule has 0 radical (unpaired) electrons. The third-order valence-corrected chi connectivity index (χ3v) is 2.86. The number of nitrogens with two attached hydrogens (primary N) is 1. The van der Waals surface area contributed by atoms with Gasteiger partial charge in [0.05, 0.1) is 18.2 Å². The second kappa shape index (κ2) is 4.78. The van der Waals surface area contributed by atoms with Gasteiger partial charge in [-0.1, -0.05) is 13.8 Å². The first-order chi connectivity index (χ1) is 8.58. The predicted octanol–water partition coefficient (Wildman–Crippen LogP) is 2.79. The van der Waals surface area contributed by atoms with E-state index >= 15 is 0 Å². The fourth-order valence-electron chi connectivity index (χ4n) is 1.88. The van der Waals surface area contributed by atoms with Crippen molar-refractivity contribution in [1.82, 2.24) is 4.98 Å². The van der Waals surface area contributed by atoms with E-state index in [0.29, 0.717) is 16.8 Å². The molecule has 0 atom stereocenters. The molecule has 0 spiro atoms. The number of rotatable bonds is 3. The number of nitrogens with one attached hydrogen (secondary N) is 1. The van der Waals surface area contributed by atoms with Gasteiger partial charge >= 0.3 is 0 Å². The van der Waals surface area contributed by atoms with E-state index in [4.69, 9.17) is 10.6 Å². The number of nitrogens with zero attached hydrogens (tertiary/aromatic N) is 1. The van der Waals surface area contributed by atoms with Crippen LogP contribution in [-0.4, -0.2) is 12.1 Å². The average molecular weight is 249 g/mol. The van der Waals surface area contributed by atoms with Gasteiger partial charge in [0.2, 0.25) is 0 Å². The second-order valence-corrected chi connectivity index (χ2v) is 4.37. The van der Waals surface area contributed by atoms with Crippen LogP contribution in [0.25, 0.3) is 10.9 Å². The van der Waals surface area contributed by atoms with Crippen molar-refractivity contribution in [2.24, 2.45) is 5.84 Å². The molecule has 1 aromatic heterocycles. The van der Waals surface area contributed by atoms with Crippen LogP contribution in [0, 0.1) is 5.82 Å². The van der Waals surface area contributed by atoms with Gasteiger partial charge in [0.25, 0.3) is 0 Å². The van der Waals surface area contributed by atoms with Gasteiger partial charge in [0, 0.05) is 5.69 Å². The van der Waals surface area contributed by atoms with Crippen LogP contribution in [0.3, 0.4) is 0 Å². The zero-order valence-electron chi connectivity index (χ0n) is 10.6. The number of hydrogen-bond donors (Lipinski definition) is 2. The number of ether oxygens (including phenoxy) is 1. The SMILES string of the molecule is COc1ccc(F)c2nc(C(C)C)cc(NN)c12. The quantitative estimate of drug-likeness (QED) is 0.648. The Balaban J connectivity index is 2.86. The Morgan fingerprint density at radius 1 is 1.39 bits per heavy atom. The largest absolute Gasteiger partial charge is 0.496 e. The van der Waals surface area contributed by atoms with Crippen LogP contribution in [-0.2, 0) is 0 Å². The third kappa shape index (κ3) is 1.97. The number of aromatic nitrogens is 1. The smallest absolute Gasteiger partial charge is 0.149 e. The molecular formula is C13H16FN3O. The molecule has 1 heterocycles. The summed E-state index contributed by atoms with van der Waals surface area (Å²) >= 11 is 0. The van der Waals surface area contributed by atoms with E-state index in [1.54, 1.807) is 6.07 Å². The number of nitrogen functional groups attached to an aromatic ring is 1. The van der Waals surface area contributed by atoms with Gasteiger partial charge < -0.3 is 10.2 Å². The number of methoxy groups -OCH3 is 1. The number of fused-ring (bicyclic) bond motifs is 1. The number of hydrazine groups is 1. The first kappa shape index (κ1) is 12.6. The maximum absolute atomic E-state index is 13.9. The molecule has 0 saturated carbocycles. The van der Waals surface area contributed by atoms with Crippen LogP contribution in [0.1, 0.15) is 25.5 Å². The van der Waals surface area contributed by atoms with Gasteiger partial charge in [-0.15, -0.1) is 0 Å². The summed E-state index contributed by atoms with van der Waals surface area (Å²) in [7, 11) is 1.53. The zero-order chi connectivity index (χ0) is 13.3. The summed E-state index contributed by atoms with van der Waals surface area (Å²) < 4.78 is 19.1. The number of hydrogen-bond acceptors (Lipinski definition) is 4. The molecule has 0 fully saturated rings. The molecule has 0 unspecified atom stereocenters. The third-order valence-electron chi connectivity index (χ3n) is 2.86. The highest BCUT2D eigenvalue weighted by molar-refractivity contribution is 5.96. The first-order valence-corrected chi connectivity index (χ1v) is 5.72. The van der Waals surface area contributed by atoms with Crippen molar-refractivity contribution in [3.63, 3.8) is 0 Å². The molecule has 0 saturated heterocycles. The Morgan fingerprint density at radius 3 is 2.67 bits per heavy atom. The average Bonchev–Trinajstić information content (AvgIpc) is 2.38. The van der Waals surface area contributed by atoms with Crippen LogP contribution in [0.5, 0.6) is 5.75 Å². The topological polar surface area (TPSA) is 60.2 Å². The molecule has 0 aliphatic rings. The summed E-state index contributed by atoms with van der Waals surface area (Å²) in [6, 6.07) is 4.72. The van der Waals surface area contributed by atoms with Crippen molar-refractivity contribution in [3.8, 4) is 5.75 Å². The summed E-state index contributed by atoms with van der Waals surface area (Å²) in [5.74, 6) is 5.85. The van der Waals surface area contributed by atoms with Crippen LogP contribution in [0.4, 0.5) is 10.1 Å². The van der Waals surface area contributed by atoms with Crippen LogP contribution >= 0.6 is 0 Å². The van der Waals surface area contributed by atoms with E-state index in [1.807, 2.05) is 19.9 Å². The van der Waals surface area contributed by atoms with Crippen molar-refractivity contribution in [3.05, 3.63) is 29.7 Å². The van der Waals surface area contributed by atoms with Crippen molar-refractivity contribution in [2.75, 3.05) is 12.5 Å². The Labute approximate surface area is 105 Å². The lowest BCUT2D eigenvalue weighted by Gasteiger charge is -2.14. The number of anilines is 1. The summed E-state index contributed by atoms with van der Waals surface area (Å²) in [6.45, 7) is 3.99. The predicted molar refractivity (Wildman–Crippen MR) is 70.2 cm³/mol. The maximum atomic E-state index is 13.9. The minimum absolute atomic E-state index is 0.187. The van der Waals surface area contributed by atoms with Gasteiger partial charge in [-0.2, -0.15) is 0 Å². The number of halogens is 1. The van der Waals surface area contributed by atoms with Crippen molar-refractivity contribution in [1.29, 1.82) is 0 Å². The highest BCUT2D eigenvalue weighted by Crippen LogP contribution is 2.34. The lowest BCUT2D eigenvalue weighted by atomic mass is 10.1. The maximum Gasteiger partial charge on any atom is 0.149 e. The van der Waals surface area contributed by atoms with E-state index in [9.17, 15) is 4.39 Å². The molecule has 96 valence electrons. The van der Waals surface area contributed by atoms with E-state index in [2.05, 4.69) is 10.4 Å². The van der Waals surface area contributed by atoms with Gasteiger partial charge in [-0.3, -0.25) is 5.84 Å². The number of pyridine rings is 1.